The molecule has 3 heteroatoms. The second-order valence-corrected chi connectivity index (χ2v) is 0. The van der Waals surface area contributed by atoms with Crippen LogP contribution in [0.15, 0.2) is 0 Å². The van der Waals surface area contributed by atoms with Gasteiger partial charge in [-0.25, -0.2) is 0 Å². The Labute approximate surface area is 66.1 Å². The van der Waals surface area contributed by atoms with Gasteiger partial charge in [0.05, 0.1) is 0 Å². The van der Waals surface area contributed by atoms with Gasteiger partial charge in [0.15, 0.2) is 0 Å². The van der Waals surface area contributed by atoms with Gasteiger partial charge in [-0.2, -0.15) is 0 Å². The Balaban J connectivity index is -0.000000000833. The zero-order chi connectivity index (χ0) is 2.00. The lowest BCUT2D eigenvalue weighted by Crippen LogP contribution is -0.228. The van der Waals surface area contributed by atoms with E-state index in [-0.39, 0.29) is 46.3 Å². The molecule has 0 amide bonds. The largest absolute Gasteiger partial charge is 0.107 e. The van der Waals surface area contributed by atoms with E-state index in [1.165, 1.54) is 0 Å². The Morgan fingerprint density at radius 1 is 0.833 bits per heavy atom. The number of halogens is 2. The fourth-order valence-corrected chi connectivity index (χ4v) is 0. The monoisotopic (exact) mass is 244 g/mol. The zero-order valence-electron chi connectivity index (χ0n) is 1.36. The first-order valence-electron chi connectivity index (χ1n) is 0.218. The van der Waals surface area contributed by atoms with Crippen molar-refractivity contribution in [3.8, 4) is 0 Å². The van der Waals surface area contributed by atoms with Crippen LogP contribution in [-0.2, 0) is 0 Å². The van der Waals surface area contributed by atoms with Gasteiger partial charge in [0, 0.05) is 0 Å². The van der Waals surface area contributed by atoms with Crippen LogP contribution in [0.2, 0.25) is 0 Å². The van der Waals surface area contributed by atoms with E-state index < -0.39 is 0 Å². The maximum absolute atomic E-state index is 4.56. The van der Waals surface area contributed by atoms with E-state index in [1.54, 1.807) is 0 Å². The summed E-state index contributed by atoms with van der Waals surface area (Å²) in [5, 5.41) is 0. The molecule has 0 saturated heterocycles. The van der Waals surface area contributed by atoms with Gasteiger partial charge in [0.1, 0.15) is 0 Å². The minimum absolute atomic E-state index is 0. The van der Waals surface area contributed by atoms with E-state index >= 15 is 0 Å². The van der Waals surface area contributed by atoms with Crippen LogP contribution in [0.4, 0.5) is 0 Å². The van der Waals surface area contributed by atoms with Gasteiger partial charge < -0.3 is 0 Å². The highest BCUT2D eigenvalue weighted by molar-refractivity contribution is 14.0. The second-order valence-electron chi connectivity index (χ2n) is 0. The zero-order valence-corrected chi connectivity index (χ0v) is 5.60. The molecule has 1 unspecified atom stereocenters. The fraction of sp³-hybridized carbons (Fsp3) is 1.00. The molecule has 0 aliphatic rings. The molecule has 1 atom stereocenters. The number of hydrogen-bond donors (Lipinski definition) is 0. The third-order valence-electron chi connectivity index (χ3n) is 0. The summed E-state index contributed by atoms with van der Waals surface area (Å²) in [6.45, 7) is 0. The highest BCUT2D eigenvalue weighted by Gasteiger charge is 0.929. The topological polar surface area (TPSA) is 0 Å². The number of hydrogen-bond acceptors (Lipinski definition) is 0. The van der Waals surface area contributed by atoms with Crippen LogP contribution in [0.3, 0.4) is 0 Å². The summed E-state index contributed by atoms with van der Waals surface area (Å²) in [6, 6.07) is 0. The van der Waals surface area contributed by atoms with E-state index in [9.17, 15) is 0 Å². The summed E-state index contributed by atoms with van der Waals surface area (Å²) < 4.78 is 0. The van der Waals surface area contributed by atoms with Crippen LogP contribution in [0.25, 0.3) is 0 Å². The molecule has 0 fully saturated rings. The predicted octanol–water partition coefficient (Wildman–Crippen LogP) is 3.54. The molecule has 6 heavy (non-hydrogen) atoms. The summed E-state index contributed by atoms with van der Waals surface area (Å²) in [5.41, 5.74) is 0. The van der Waals surface area contributed by atoms with E-state index in [0.717, 1.165) is 0 Å². The molecular weight excluding hydrogens is 229 g/mol. The van der Waals surface area contributed by atoms with Crippen LogP contribution in [-0.4, -0.2) is 0 Å². The van der Waals surface area contributed by atoms with Crippen LogP contribution in [0.1, 0.15) is 22.3 Å². The Morgan fingerprint density at radius 2 is 0.833 bits per heavy atom. The average Bonchev–Trinajstić information content (AvgIpc) is 1.00. The third kappa shape index (κ3) is 51.3. The minimum atomic E-state index is 0. The van der Waals surface area contributed by atoms with Crippen LogP contribution < -0.4 is 0 Å². The van der Waals surface area contributed by atoms with Crippen LogP contribution >= 0.6 is 43.8 Å². The Kier molecular flexibility index (Phi) is 784. The van der Waals surface area contributed by atoms with Gasteiger partial charge in [-0.05, 0) is 8.59 Å². The molecule has 0 N–H and O–H groups in total. The first-order chi connectivity index (χ1) is 1.00. The predicted molar refractivity (Wildman–Crippen MR) is 51.2 cm³/mol. The van der Waals surface area contributed by atoms with Crippen LogP contribution in [0.5, 0.6) is 0 Å². The Bertz CT molecular complexity index is 10.8. The molecular formula is C3H15ClIP. The summed E-state index contributed by atoms with van der Waals surface area (Å²) >= 11 is 4.56. The molecule has 0 rings (SSSR count). The molecule has 0 heterocycles. The van der Waals surface area contributed by atoms with Gasteiger partial charge in [0.25, 0.3) is 0 Å². The van der Waals surface area contributed by atoms with Crippen molar-refractivity contribution in [3.63, 3.8) is 0 Å². The third-order valence-corrected chi connectivity index (χ3v) is 0. The maximum atomic E-state index is 4.56. The van der Waals surface area contributed by atoms with Crippen molar-refractivity contribution in [2.75, 3.05) is 0 Å². The highest BCUT2D eigenvalue weighted by atomic mass is 127. The average molecular weight is 244 g/mol. The van der Waals surface area contributed by atoms with Gasteiger partial charge >= 0.3 is 0 Å². The minimum Gasteiger partial charge on any atom is -0.107 e. The van der Waals surface area contributed by atoms with E-state index in [2.05, 4.69) is 11.2 Å². The lowest BCUT2D eigenvalue weighted by molar-refractivity contribution is 2.50. The molecule has 0 radical (unpaired) electrons. The molecule has 0 saturated carbocycles. The van der Waals surface area contributed by atoms with Crippen molar-refractivity contribution in [3.05, 3.63) is 0 Å². The van der Waals surface area contributed by atoms with Gasteiger partial charge in [-0.3, -0.25) is 0 Å². The lowest BCUT2D eigenvalue weighted by atomic mass is 12.0. The van der Waals surface area contributed by atoms with Crippen molar-refractivity contribution in [2.24, 2.45) is 0 Å². The maximum Gasteiger partial charge on any atom is -0.0393 e. The SMILES string of the molecule is C.C.C.I.PCl. The summed E-state index contributed by atoms with van der Waals surface area (Å²) in [5.74, 6) is 0. The van der Waals surface area contributed by atoms with Gasteiger partial charge in [-0.15, -0.1) is 35.2 Å². The van der Waals surface area contributed by atoms with E-state index in [4.69, 9.17) is 0 Å². The second kappa shape index (κ2) is 91.1. The fourth-order valence-electron chi connectivity index (χ4n) is 0. The van der Waals surface area contributed by atoms with Gasteiger partial charge in [-0.1, -0.05) is 22.3 Å². The quantitative estimate of drug-likeness (QED) is 0.452. The number of rotatable bonds is 0. The normalized spacial score (nSPS) is 1.00. The first kappa shape index (κ1) is 51.6. The molecule has 0 aromatic heterocycles. The standard InChI is InChI=1S/3CH4.ClH2P.HI/c;;;1-2;/h3*1H4;2H2;1H. The van der Waals surface area contributed by atoms with Crippen LogP contribution in [0, 0.1) is 0 Å². The van der Waals surface area contributed by atoms with Crippen molar-refractivity contribution >= 4 is 43.8 Å². The highest BCUT2D eigenvalue weighted by Crippen LogP contribution is 1.78. The van der Waals surface area contributed by atoms with E-state index in [1.807, 2.05) is 8.59 Å². The first-order valence-corrected chi connectivity index (χ1v) is 1.96. The Hall–Kier alpha value is 1.45. The van der Waals surface area contributed by atoms with Crippen molar-refractivity contribution in [1.82, 2.24) is 0 Å². The molecule has 0 aliphatic carbocycles. The molecule has 0 aromatic carbocycles. The molecule has 0 aliphatic heterocycles. The van der Waals surface area contributed by atoms with Crippen molar-refractivity contribution < 1.29 is 0 Å². The lowest BCUT2D eigenvalue weighted by Gasteiger charge is -1.07. The van der Waals surface area contributed by atoms with E-state index in [0.29, 0.717) is 0 Å². The summed E-state index contributed by atoms with van der Waals surface area (Å²) in [7, 11) is 1.89. The smallest absolute Gasteiger partial charge is 0.0393 e. The Morgan fingerprint density at radius 3 is 0.833 bits per heavy atom. The van der Waals surface area contributed by atoms with Gasteiger partial charge in [0.2, 0.25) is 0 Å². The molecule has 46 valence electrons. The molecule has 0 spiro atoms. The summed E-state index contributed by atoms with van der Waals surface area (Å²) in [6.07, 6.45) is 0. The van der Waals surface area contributed by atoms with Crippen molar-refractivity contribution in [1.29, 1.82) is 0 Å². The molecule has 0 nitrogen and oxygen atoms in total. The van der Waals surface area contributed by atoms with Crippen molar-refractivity contribution in [2.45, 2.75) is 22.3 Å². The summed E-state index contributed by atoms with van der Waals surface area (Å²) in [4.78, 5) is 0. The molecule has 0 bridgehead atoms. The molecule has 0 aromatic rings.